The molecule has 19 heavy (non-hydrogen) atoms. The zero-order valence-electron chi connectivity index (χ0n) is 12.7. The van der Waals surface area contributed by atoms with Crippen molar-refractivity contribution >= 4 is 6.09 Å². The number of hydrogen-bond donors (Lipinski definition) is 0. The van der Waals surface area contributed by atoms with Crippen LogP contribution < -0.4 is 0 Å². The average Bonchev–Trinajstić information content (AvgIpc) is 2.34. The van der Waals surface area contributed by atoms with Crippen LogP contribution in [0.25, 0.3) is 0 Å². The molecule has 0 aliphatic carbocycles. The maximum absolute atomic E-state index is 12.1. The minimum atomic E-state index is -0.475. The van der Waals surface area contributed by atoms with Gasteiger partial charge >= 0.3 is 6.09 Å². The normalized spacial score (nSPS) is 12.9. The summed E-state index contributed by atoms with van der Waals surface area (Å²) in [6, 6.07) is 1.93. The van der Waals surface area contributed by atoms with Crippen molar-refractivity contribution in [1.29, 1.82) is 0 Å². The Morgan fingerprint density at radius 1 is 1.47 bits per heavy atom. The Bertz CT molecular complexity index is 438. The first-order valence-electron chi connectivity index (χ1n) is 6.65. The van der Waals surface area contributed by atoms with Crippen LogP contribution in [0.2, 0.25) is 0 Å². The van der Waals surface area contributed by atoms with Gasteiger partial charge in [-0.1, -0.05) is 6.92 Å². The summed E-state index contributed by atoms with van der Waals surface area (Å²) in [5, 5.41) is 0. The van der Waals surface area contributed by atoms with Crippen molar-refractivity contribution in [1.82, 2.24) is 9.88 Å². The Morgan fingerprint density at radius 2 is 2.11 bits per heavy atom. The molecule has 0 saturated heterocycles. The highest BCUT2D eigenvalue weighted by atomic mass is 16.6. The van der Waals surface area contributed by atoms with E-state index in [2.05, 4.69) is 11.9 Å². The maximum Gasteiger partial charge on any atom is 0.410 e. The second kappa shape index (κ2) is 6.04. The van der Waals surface area contributed by atoms with Crippen LogP contribution in [0.1, 0.15) is 51.8 Å². The molecule has 106 valence electrons. The highest BCUT2D eigenvalue weighted by Gasteiger charge is 2.24. The summed E-state index contributed by atoms with van der Waals surface area (Å²) in [4.78, 5) is 17.8. The fourth-order valence-corrected chi connectivity index (χ4v) is 1.84. The zero-order valence-corrected chi connectivity index (χ0v) is 12.7. The molecule has 4 nitrogen and oxygen atoms in total. The number of aromatic nitrogens is 1. The van der Waals surface area contributed by atoms with Crippen molar-refractivity contribution < 1.29 is 9.53 Å². The van der Waals surface area contributed by atoms with Crippen LogP contribution >= 0.6 is 0 Å². The van der Waals surface area contributed by atoms with Crippen LogP contribution in [0, 0.1) is 0 Å². The highest BCUT2D eigenvalue weighted by molar-refractivity contribution is 5.68. The first-order chi connectivity index (χ1) is 8.76. The molecule has 1 rings (SSSR count). The molecular formula is C15H24N2O2. The minimum Gasteiger partial charge on any atom is -0.444 e. The van der Waals surface area contributed by atoms with E-state index >= 15 is 0 Å². The Labute approximate surface area is 115 Å². The first kappa shape index (κ1) is 15.5. The Balaban J connectivity index is 2.87. The second-order valence-corrected chi connectivity index (χ2v) is 5.70. The van der Waals surface area contributed by atoms with Gasteiger partial charge in [0.1, 0.15) is 5.60 Å². The van der Waals surface area contributed by atoms with Crippen LogP contribution in [0.5, 0.6) is 0 Å². The largest absolute Gasteiger partial charge is 0.444 e. The fourth-order valence-electron chi connectivity index (χ4n) is 1.84. The van der Waals surface area contributed by atoms with Crippen molar-refractivity contribution in [2.75, 3.05) is 7.05 Å². The SMILES string of the molecule is CCc1cnccc1C(C)N(C)C(=O)OC(C)(C)C. The van der Waals surface area contributed by atoms with Gasteiger partial charge in [0, 0.05) is 19.4 Å². The van der Waals surface area contributed by atoms with Crippen molar-refractivity contribution in [3.05, 3.63) is 29.6 Å². The summed E-state index contributed by atoms with van der Waals surface area (Å²) >= 11 is 0. The molecule has 1 aromatic heterocycles. The van der Waals surface area contributed by atoms with Gasteiger partial charge < -0.3 is 9.64 Å². The van der Waals surface area contributed by atoms with Gasteiger partial charge in [-0.25, -0.2) is 4.79 Å². The van der Waals surface area contributed by atoms with Crippen molar-refractivity contribution in [2.45, 2.75) is 52.7 Å². The van der Waals surface area contributed by atoms with Gasteiger partial charge in [0.25, 0.3) is 0 Å². The third-order valence-corrected chi connectivity index (χ3v) is 3.03. The lowest BCUT2D eigenvalue weighted by molar-refractivity contribution is 0.0233. The molecular weight excluding hydrogens is 240 g/mol. The number of pyridine rings is 1. The lowest BCUT2D eigenvalue weighted by atomic mass is 10.0. The molecule has 0 fully saturated rings. The van der Waals surface area contributed by atoms with Gasteiger partial charge in [0.15, 0.2) is 0 Å². The van der Waals surface area contributed by atoms with E-state index in [0.717, 1.165) is 17.5 Å². The summed E-state index contributed by atoms with van der Waals surface area (Å²) in [6.07, 6.45) is 4.21. The van der Waals surface area contributed by atoms with Gasteiger partial charge in [-0.15, -0.1) is 0 Å². The van der Waals surface area contributed by atoms with E-state index in [1.807, 2.05) is 40.0 Å². The molecule has 0 radical (unpaired) electrons. The number of amides is 1. The number of ether oxygens (including phenoxy) is 1. The number of rotatable bonds is 3. The minimum absolute atomic E-state index is 0.0344. The van der Waals surface area contributed by atoms with Gasteiger partial charge in [0.05, 0.1) is 6.04 Å². The quantitative estimate of drug-likeness (QED) is 0.838. The van der Waals surface area contributed by atoms with Crippen LogP contribution in [-0.4, -0.2) is 28.6 Å². The topological polar surface area (TPSA) is 42.4 Å². The maximum atomic E-state index is 12.1. The molecule has 0 aromatic carbocycles. The van der Waals surface area contributed by atoms with E-state index in [-0.39, 0.29) is 12.1 Å². The lowest BCUT2D eigenvalue weighted by Gasteiger charge is -2.29. The molecule has 4 heteroatoms. The number of carbonyl (C=O) groups excluding carboxylic acids is 1. The van der Waals surface area contributed by atoms with Crippen LogP contribution in [0.3, 0.4) is 0 Å². The molecule has 0 spiro atoms. The number of aryl methyl sites for hydroxylation is 1. The number of hydrogen-bond acceptors (Lipinski definition) is 3. The van der Waals surface area contributed by atoms with E-state index < -0.39 is 5.60 Å². The van der Waals surface area contributed by atoms with E-state index in [1.54, 1.807) is 18.1 Å². The van der Waals surface area contributed by atoms with Crippen molar-refractivity contribution in [3.8, 4) is 0 Å². The van der Waals surface area contributed by atoms with E-state index in [4.69, 9.17) is 4.74 Å². The molecule has 1 aromatic rings. The molecule has 0 saturated carbocycles. The number of nitrogens with zero attached hydrogens (tertiary/aromatic N) is 2. The van der Waals surface area contributed by atoms with Gasteiger partial charge in [-0.05, 0) is 51.3 Å². The van der Waals surface area contributed by atoms with Gasteiger partial charge in [-0.2, -0.15) is 0 Å². The molecule has 0 aliphatic heterocycles. The average molecular weight is 264 g/mol. The predicted molar refractivity (Wildman–Crippen MR) is 76.0 cm³/mol. The van der Waals surface area contributed by atoms with Crippen molar-refractivity contribution in [2.24, 2.45) is 0 Å². The van der Waals surface area contributed by atoms with Gasteiger partial charge in [0.2, 0.25) is 0 Å². The summed E-state index contributed by atoms with van der Waals surface area (Å²) in [5.74, 6) is 0. The highest BCUT2D eigenvalue weighted by Crippen LogP contribution is 2.24. The molecule has 1 heterocycles. The monoisotopic (exact) mass is 264 g/mol. The van der Waals surface area contributed by atoms with Crippen molar-refractivity contribution in [3.63, 3.8) is 0 Å². The zero-order chi connectivity index (χ0) is 14.6. The Kier molecular flexibility index (Phi) is 4.92. The second-order valence-electron chi connectivity index (χ2n) is 5.70. The molecule has 0 bridgehead atoms. The first-order valence-corrected chi connectivity index (χ1v) is 6.65. The standard InChI is InChI=1S/C15H24N2O2/c1-7-12-10-16-9-8-13(12)11(2)17(6)14(18)19-15(3,4)5/h8-11H,7H2,1-6H3. The summed E-state index contributed by atoms with van der Waals surface area (Å²) < 4.78 is 5.39. The fraction of sp³-hybridized carbons (Fsp3) is 0.600. The van der Waals surface area contributed by atoms with E-state index in [9.17, 15) is 4.79 Å². The molecule has 1 atom stereocenters. The summed E-state index contributed by atoms with van der Waals surface area (Å²) in [7, 11) is 1.76. The Morgan fingerprint density at radius 3 is 2.63 bits per heavy atom. The van der Waals surface area contributed by atoms with E-state index in [0.29, 0.717) is 0 Å². The molecule has 0 aliphatic rings. The van der Waals surface area contributed by atoms with Crippen LogP contribution in [0.4, 0.5) is 4.79 Å². The summed E-state index contributed by atoms with van der Waals surface area (Å²) in [6.45, 7) is 9.69. The third kappa shape index (κ3) is 4.23. The predicted octanol–water partition coefficient (Wildman–Crippen LogP) is 3.57. The van der Waals surface area contributed by atoms with E-state index in [1.165, 1.54) is 0 Å². The molecule has 0 N–H and O–H groups in total. The van der Waals surface area contributed by atoms with Gasteiger partial charge in [-0.3, -0.25) is 4.98 Å². The van der Waals surface area contributed by atoms with Crippen LogP contribution in [0.15, 0.2) is 18.5 Å². The third-order valence-electron chi connectivity index (χ3n) is 3.03. The number of carbonyl (C=O) groups is 1. The smallest absolute Gasteiger partial charge is 0.410 e. The van der Waals surface area contributed by atoms with Crippen LogP contribution in [-0.2, 0) is 11.2 Å². The molecule has 1 amide bonds. The summed E-state index contributed by atoms with van der Waals surface area (Å²) in [5.41, 5.74) is 1.80. The Hall–Kier alpha value is -1.58. The lowest BCUT2D eigenvalue weighted by Crippen LogP contribution is -2.36. The molecule has 1 unspecified atom stereocenters.